The zero-order valence-corrected chi connectivity index (χ0v) is 17.4. The third-order valence-electron chi connectivity index (χ3n) is 5.61. The molecule has 0 radical (unpaired) electrons. The summed E-state index contributed by atoms with van der Waals surface area (Å²) in [6.07, 6.45) is 3.58. The average Bonchev–Trinajstić information content (AvgIpc) is 3.36. The van der Waals surface area contributed by atoms with Crippen LogP contribution < -0.4 is 11.2 Å². The molecule has 30 heavy (non-hydrogen) atoms. The van der Waals surface area contributed by atoms with Crippen LogP contribution in [-0.2, 0) is 32.8 Å². The van der Waals surface area contributed by atoms with E-state index in [1.54, 1.807) is 0 Å². The van der Waals surface area contributed by atoms with Gasteiger partial charge in [-0.1, -0.05) is 26.7 Å². The molecule has 2 heterocycles. The van der Waals surface area contributed by atoms with Gasteiger partial charge in [0.25, 0.3) is 5.56 Å². The highest BCUT2D eigenvalue weighted by Crippen LogP contribution is 2.41. The highest BCUT2D eigenvalue weighted by atomic mass is 16.5. The molecule has 164 valence electrons. The van der Waals surface area contributed by atoms with Crippen molar-refractivity contribution in [1.82, 2.24) is 19.1 Å². The Morgan fingerprint density at radius 1 is 1.13 bits per heavy atom. The minimum absolute atomic E-state index is 0.205. The van der Waals surface area contributed by atoms with Crippen LogP contribution in [0.15, 0.2) is 9.59 Å². The van der Waals surface area contributed by atoms with E-state index >= 15 is 0 Å². The van der Waals surface area contributed by atoms with Gasteiger partial charge >= 0.3 is 17.6 Å². The number of carboxylic acid groups (broad SMARTS) is 1. The maximum atomic E-state index is 12.9. The minimum atomic E-state index is -1.06. The highest BCUT2D eigenvalue weighted by Gasteiger charge is 2.47. The maximum absolute atomic E-state index is 12.9. The minimum Gasteiger partial charge on any atom is -0.481 e. The molecule has 3 rings (SSSR count). The molecule has 1 saturated carbocycles. The summed E-state index contributed by atoms with van der Waals surface area (Å²) in [6, 6.07) is 0. The predicted molar refractivity (Wildman–Crippen MR) is 109 cm³/mol. The molecule has 0 saturated heterocycles. The topological polar surface area (TPSA) is 136 Å². The first-order valence-electron chi connectivity index (χ1n) is 10.5. The summed E-state index contributed by atoms with van der Waals surface area (Å²) in [4.78, 5) is 57.1. The summed E-state index contributed by atoms with van der Waals surface area (Å²) in [7, 11) is 0. The Morgan fingerprint density at radius 3 is 2.37 bits per heavy atom. The molecule has 0 aliphatic heterocycles. The van der Waals surface area contributed by atoms with Crippen molar-refractivity contribution in [3.8, 4) is 0 Å². The number of aromatic amines is 1. The molecule has 0 spiro atoms. The van der Waals surface area contributed by atoms with E-state index in [0.717, 1.165) is 12.8 Å². The Hall–Kier alpha value is -2.91. The van der Waals surface area contributed by atoms with Crippen LogP contribution in [0.4, 0.5) is 0 Å². The van der Waals surface area contributed by atoms with Gasteiger partial charge in [-0.25, -0.2) is 9.78 Å². The molecule has 0 amide bonds. The molecule has 0 bridgehead atoms. The standard InChI is InChI=1S/C20H28N4O6/c1-3-10-23-15-14(16(27)24(11-4-2)19(23)29)21-17(22-15)20(8-5-6-9-20)18(28)30-12-7-13(25)26/h3-12H2,1-2H3,(H,21,22)(H,25,26). The Morgan fingerprint density at radius 2 is 1.77 bits per heavy atom. The molecule has 10 nitrogen and oxygen atoms in total. The van der Waals surface area contributed by atoms with Crippen molar-refractivity contribution in [3.05, 3.63) is 26.7 Å². The molecular weight excluding hydrogens is 392 g/mol. The summed E-state index contributed by atoms with van der Waals surface area (Å²) in [5.74, 6) is -1.28. The molecule has 2 aromatic rings. The molecule has 1 aliphatic carbocycles. The van der Waals surface area contributed by atoms with Crippen molar-refractivity contribution in [2.45, 2.75) is 77.3 Å². The lowest BCUT2D eigenvalue weighted by atomic mass is 9.85. The number of nitrogens with one attached hydrogen (secondary N) is 1. The number of hydrogen-bond donors (Lipinski definition) is 2. The van der Waals surface area contributed by atoms with Crippen LogP contribution in [0.5, 0.6) is 0 Å². The van der Waals surface area contributed by atoms with Crippen molar-refractivity contribution in [2.75, 3.05) is 6.61 Å². The maximum Gasteiger partial charge on any atom is 0.332 e. The van der Waals surface area contributed by atoms with E-state index < -0.39 is 28.6 Å². The van der Waals surface area contributed by atoms with Crippen LogP contribution in [-0.4, -0.2) is 42.8 Å². The fourth-order valence-electron chi connectivity index (χ4n) is 4.12. The van der Waals surface area contributed by atoms with Gasteiger partial charge in [0.15, 0.2) is 5.65 Å². The largest absolute Gasteiger partial charge is 0.481 e. The van der Waals surface area contributed by atoms with E-state index in [4.69, 9.17) is 9.84 Å². The van der Waals surface area contributed by atoms with E-state index in [9.17, 15) is 19.2 Å². The number of aryl methyl sites for hydroxylation is 1. The molecule has 10 heteroatoms. The number of esters is 1. The number of carboxylic acids is 1. The Bertz CT molecular complexity index is 1060. The molecule has 2 N–H and O–H groups in total. The third-order valence-corrected chi connectivity index (χ3v) is 5.61. The molecule has 1 fully saturated rings. The van der Waals surface area contributed by atoms with Gasteiger partial charge in [-0.05, 0) is 25.7 Å². The SMILES string of the molecule is CCCn1c(=O)c2[nH]c(C3(C(=O)OCCC(=O)O)CCCC3)nc2n(CCC)c1=O. The number of imidazole rings is 1. The molecule has 0 aromatic carbocycles. The van der Waals surface area contributed by atoms with Crippen LogP contribution in [0.2, 0.25) is 0 Å². The zero-order valence-electron chi connectivity index (χ0n) is 17.4. The van der Waals surface area contributed by atoms with Crippen LogP contribution in [0.25, 0.3) is 11.2 Å². The number of H-pyrrole nitrogens is 1. The monoisotopic (exact) mass is 420 g/mol. The summed E-state index contributed by atoms with van der Waals surface area (Å²) < 4.78 is 7.93. The highest BCUT2D eigenvalue weighted by molar-refractivity contribution is 5.84. The fourth-order valence-corrected chi connectivity index (χ4v) is 4.12. The van der Waals surface area contributed by atoms with Gasteiger partial charge in [-0.3, -0.25) is 23.5 Å². The Kier molecular flexibility index (Phi) is 6.42. The first-order chi connectivity index (χ1) is 14.4. The normalized spacial score (nSPS) is 15.5. The first-order valence-corrected chi connectivity index (χ1v) is 10.5. The smallest absolute Gasteiger partial charge is 0.332 e. The zero-order chi connectivity index (χ0) is 21.9. The lowest BCUT2D eigenvalue weighted by molar-refractivity contribution is -0.152. The van der Waals surface area contributed by atoms with Gasteiger partial charge < -0.3 is 14.8 Å². The number of carbonyl (C=O) groups is 2. The summed E-state index contributed by atoms with van der Waals surface area (Å²) in [5.41, 5.74) is -1.46. The number of ether oxygens (including phenoxy) is 1. The predicted octanol–water partition coefficient (Wildman–Crippen LogP) is 1.54. The van der Waals surface area contributed by atoms with Gasteiger partial charge in [-0.15, -0.1) is 0 Å². The number of nitrogens with zero attached hydrogens (tertiary/aromatic N) is 3. The first kappa shape index (κ1) is 21.8. The number of hydrogen-bond acceptors (Lipinski definition) is 6. The molecular formula is C20H28N4O6. The third kappa shape index (κ3) is 3.78. The van der Waals surface area contributed by atoms with Gasteiger partial charge in [0.05, 0.1) is 6.42 Å². The number of aliphatic carboxylic acids is 1. The number of rotatable bonds is 9. The summed E-state index contributed by atoms with van der Waals surface area (Å²) in [6.45, 7) is 4.30. The van der Waals surface area contributed by atoms with Crippen molar-refractivity contribution < 1.29 is 19.4 Å². The summed E-state index contributed by atoms with van der Waals surface area (Å²) in [5, 5.41) is 8.80. The van der Waals surface area contributed by atoms with E-state index in [0.29, 0.717) is 44.6 Å². The molecule has 1 aliphatic rings. The van der Waals surface area contributed by atoms with Crippen LogP contribution in [0.1, 0.15) is 64.6 Å². The second kappa shape index (κ2) is 8.85. The van der Waals surface area contributed by atoms with Crippen molar-refractivity contribution >= 4 is 23.1 Å². The average molecular weight is 420 g/mol. The van der Waals surface area contributed by atoms with E-state index in [2.05, 4.69) is 9.97 Å². The molecule has 0 unspecified atom stereocenters. The fraction of sp³-hybridized carbons (Fsp3) is 0.650. The van der Waals surface area contributed by atoms with Gasteiger partial charge in [0, 0.05) is 13.1 Å². The van der Waals surface area contributed by atoms with E-state index in [1.807, 2.05) is 13.8 Å². The Labute approximate surface area is 172 Å². The van der Waals surface area contributed by atoms with Gasteiger partial charge in [-0.2, -0.15) is 0 Å². The molecule has 0 atom stereocenters. The second-order valence-corrected chi connectivity index (χ2v) is 7.74. The lowest BCUT2D eigenvalue weighted by Crippen LogP contribution is -2.40. The lowest BCUT2D eigenvalue weighted by Gasteiger charge is -2.24. The van der Waals surface area contributed by atoms with Gasteiger partial charge in [0.2, 0.25) is 0 Å². The summed E-state index contributed by atoms with van der Waals surface area (Å²) >= 11 is 0. The quantitative estimate of drug-likeness (QED) is 0.587. The van der Waals surface area contributed by atoms with Crippen LogP contribution in [0.3, 0.4) is 0 Å². The number of fused-ring (bicyclic) bond motifs is 1. The number of carbonyl (C=O) groups excluding carboxylic acids is 1. The molecule has 2 aromatic heterocycles. The van der Waals surface area contributed by atoms with Crippen molar-refractivity contribution in [3.63, 3.8) is 0 Å². The van der Waals surface area contributed by atoms with Crippen LogP contribution >= 0.6 is 0 Å². The van der Waals surface area contributed by atoms with Gasteiger partial charge in [0.1, 0.15) is 23.4 Å². The van der Waals surface area contributed by atoms with E-state index in [1.165, 1.54) is 9.13 Å². The Balaban J connectivity index is 2.12. The van der Waals surface area contributed by atoms with Crippen molar-refractivity contribution in [1.29, 1.82) is 0 Å². The second-order valence-electron chi connectivity index (χ2n) is 7.74. The number of aromatic nitrogens is 4. The van der Waals surface area contributed by atoms with E-state index in [-0.39, 0.29) is 24.2 Å². The van der Waals surface area contributed by atoms with Crippen molar-refractivity contribution in [2.24, 2.45) is 0 Å². The van der Waals surface area contributed by atoms with Crippen LogP contribution in [0, 0.1) is 0 Å².